The molecule has 0 spiro atoms. The van der Waals surface area contributed by atoms with Crippen LogP contribution in [0.25, 0.3) is 0 Å². The molecule has 2 heterocycles. The van der Waals surface area contributed by atoms with Crippen LogP contribution in [-0.2, 0) is 11.3 Å². The van der Waals surface area contributed by atoms with Crippen molar-refractivity contribution in [2.75, 3.05) is 33.2 Å². The quantitative estimate of drug-likeness (QED) is 0.712. The first kappa shape index (κ1) is 20.1. The number of piperidine rings is 1. The molecule has 3 rings (SSSR count). The summed E-state index contributed by atoms with van der Waals surface area (Å²) in [4.78, 5) is 28.8. The van der Waals surface area contributed by atoms with E-state index in [0.717, 1.165) is 19.5 Å². The van der Waals surface area contributed by atoms with E-state index in [-0.39, 0.29) is 17.7 Å². The normalized spacial score (nSPS) is 15.0. The van der Waals surface area contributed by atoms with Crippen LogP contribution in [0.2, 0.25) is 0 Å². The van der Waals surface area contributed by atoms with Crippen molar-refractivity contribution in [1.82, 2.24) is 15.1 Å². The number of nitrogens with one attached hydrogen (secondary N) is 1. The van der Waals surface area contributed by atoms with Crippen molar-refractivity contribution in [2.45, 2.75) is 25.8 Å². The summed E-state index contributed by atoms with van der Waals surface area (Å²) in [5.74, 6) is 0.0885. The van der Waals surface area contributed by atoms with Crippen molar-refractivity contribution in [1.29, 1.82) is 0 Å². The highest BCUT2D eigenvalue weighted by molar-refractivity contribution is 5.94. The summed E-state index contributed by atoms with van der Waals surface area (Å²) in [6.45, 7) is 3.76. The lowest BCUT2D eigenvalue weighted by Crippen LogP contribution is -2.43. The Morgan fingerprint density at radius 2 is 1.93 bits per heavy atom. The summed E-state index contributed by atoms with van der Waals surface area (Å²) in [5.41, 5.74) is 1.87. The van der Waals surface area contributed by atoms with Crippen LogP contribution in [-0.4, -0.2) is 54.8 Å². The van der Waals surface area contributed by atoms with Gasteiger partial charge in [-0.3, -0.25) is 9.59 Å². The van der Waals surface area contributed by atoms with Crippen molar-refractivity contribution in [3.05, 3.63) is 60.1 Å². The number of rotatable bonds is 8. The van der Waals surface area contributed by atoms with Gasteiger partial charge in [-0.1, -0.05) is 30.3 Å². The second-order valence-electron chi connectivity index (χ2n) is 7.45. The van der Waals surface area contributed by atoms with Crippen molar-refractivity contribution >= 4 is 11.8 Å². The van der Waals surface area contributed by atoms with E-state index in [9.17, 15) is 9.59 Å². The summed E-state index contributed by atoms with van der Waals surface area (Å²) < 4.78 is 4.98. The number of amides is 2. The second kappa shape index (κ2) is 10.1. The van der Waals surface area contributed by atoms with Crippen molar-refractivity contribution in [2.24, 2.45) is 5.92 Å². The Bertz CT molecular complexity index is 738. The van der Waals surface area contributed by atoms with Crippen LogP contribution in [0.3, 0.4) is 0 Å². The fraction of sp³-hybridized carbons (Fsp3) is 0.455. The fourth-order valence-corrected chi connectivity index (χ4v) is 3.59. The highest BCUT2D eigenvalue weighted by atomic mass is 16.3. The molecule has 0 saturated carbocycles. The summed E-state index contributed by atoms with van der Waals surface area (Å²) in [5, 5.41) is 3.06. The molecule has 1 aromatic heterocycles. The highest BCUT2D eigenvalue weighted by Gasteiger charge is 2.27. The third-order valence-corrected chi connectivity index (χ3v) is 5.23. The Hall–Kier alpha value is -2.60. The Labute approximate surface area is 166 Å². The average molecular weight is 383 g/mol. The van der Waals surface area contributed by atoms with E-state index >= 15 is 0 Å². The molecule has 1 saturated heterocycles. The monoisotopic (exact) mass is 383 g/mol. The van der Waals surface area contributed by atoms with E-state index in [1.54, 1.807) is 11.0 Å². The number of likely N-dealkylation sites (tertiary alicyclic amines) is 1. The van der Waals surface area contributed by atoms with Gasteiger partial charge in [0.05, 0.1) is 11.8 Å². The Morgan fingerprint density at radius 3 is 2.61 bits per heavy atom. The van der Waals surface area contributed by atoms with Crippen LogP contribution < -0.4 is 5.32 Å². The van der Waals surface area contributed by atoms with Crippen LogP contribution in [0.1, 0.15) is 35.2 Å². The topological polar surface area (TPSA) is 65.8 Å². The van der Waals surface area contributed by atoms with E-state index in [4.69, 9.17) is 4.42 Å². The molecule has 150 valence electrons. The molecule has 1 aromatic carbocycles. The van der Waals surface area contributed by atoms with Crippen LogP contribution in [0.5, 0.6) is 0 Å². The fourth-order valence-electron chi connectivity index (χ4n) is 3.59. The van der Waals surface area contributed by atoms with Gasteiger partial charge in [0.1, 0.15) is 6.26 Å². The largest absolute Gasteiger partial charge is 0.472 e. The number of carbonyl (C=O) groups is 2. The smallest absolute Gasteiger partial charge is 0.257 e. The molecule has 1 aliphatic heterocycles. The van der Waals surface area contributed by atoms with Gasteiger partial charge in [0.2, 0.25) is 5.91 Å². The number of carbonyl (C=O) groups excluding carboxylic acids is 2. The van der Waals surface area contributed by atoms with Gasteiger partial charge in [0.15, 0.2) is 0 Å². The Balaban J connectivity index is 1.31. The van der Waals surface area contributed by atoms with E-state index in [1.807, 2.05) is 6.07 Å². The molecule has 0 radical (unpaired) electrons. The van der Waals surface area contributed by atoms with E-state index in [0.29, 0.717) is 38.0 Å². The standard InChI is InChI=1S/C22H29N3O3/c1-24(16-18-6-3-2-4-7-18)12-5-11-23-21(26)19-8-13-25(14-9-19)22(27)20-10-15-28-17-20/h2-4,6-7,10,15,17,19H,5,8-9,11-14,16H2,1H3,(H,23,26). The number of hydrogen-bond acceptors (Lipinski definition) is 4. The summed E-state index contributed by atoms with van der Waals surface area (Å²) >= 11 is 0. The highest BCUT2D eigenvalue weighted by Crippen LogP contribution is 2.19. The molecule has 2 amide bonds. The number of furan rings is 1. The van der Waals surface area contributed by atoms with Gasteiger partial charge in [-0.2, -0.15) is 0 Å². The van der Waals surface area contributed by atoms with Crippen LogP contribution in [0.15, 0.2) is 53.3 Å². The maximum atomic E-state index is 12.4. The molecule has 28 heavy (non-hydrogen) atoms. The van der Waals surface area contributed by atoms with Gasteiger partial charge < -0.3 is 19.5 Å². The molecular weight excluding hydrogens is 354 g/mol. The van der Waals surface area contributed by atoms with Gasteiger partial charge >= 0.3 is 0 Å². The van der Waals surface area contributed by atoms with Crippen molar-refractivity contribution in [3.63, 3.8) is 0 Å². The molecular formula is C22H29N3O3. The predicted octanol–water partition coefficient (Wildman–Crippen LogP) is 2.77. The molecule has 0 atom stereocenters. The van der Waals surface area contributed by atoms with Crippen molar-refractivity contribution < 1.29 is 14.0 Å². The molecule has 1 N–H and O–H groups in total. The maximum Gasteiger partial charge on any atom is 0.257 e. The first-order chi connectivity index (χ1) is 13.6. The van der Waals surface area contributed by atoms with E-state index < -0.39 is 0 Å². The number of benzene rings is 1. The summed E-state index contributed by atoms with van der Waals surface area (Å²) in [7, 11) is 2.10. The van der Waals surface area contributed by atoms with Gasteiger partial charge in [-0.15, -0.1) is 0 Å². The van der Waals surface area contributed by atoms with E-state index in [2.05, 4.69) is 41.5 Å². The molecule has 6 heteroatoms. The van der Waals surface area contributed by atoms with Crippen LogP contribution in [0.4, 0.5) is 0 Å². The molecule has 1 fully saturated rings. The summed E-state index contributed by atoms with van der Waals surface area (Å²) in [6.07, 6.45) is 5.32. The van der Waals surface area contributed by atoms with Crippen LogP contribution >= 0.6 is 0 Å². The molecule has 1 aliphatic rings. The first-order valence-electron chi connectivity index (χ1n) is 9.95. The number of hydrogen-bond donors (Lipinski definition) is 1. The predicted molar refractivity (Wildman–Crippen MR) is 108 cm³/mol. The summed E-state index contributed by atoms with van der Waals surface area (Å²) in [6, 6.07) is 12.1. The Kier molecular flexibility index (Phi) is 7.25. The molecule has 0 unspecified atom stereocenters. The van der Waals surface area contributed by atoms with E-state index in [1.165, 1.54) is 18.1 Å². The number of nitrogens with zero attached hydrogens (tertiary/aromatic N) is 2. The molecule has 2 aromatic rings. The Morgan fingerprint density at radius 1 is 1.18 bits per heavy atom. The first-order valence-corrected chi connectivity index (χ1v) is 9.95. The minimum atomic E-state index is -0.0194. The van der Waals surface area contributed by atoms with Crippen LogP contribution in [0, 0.1) is 5.92 Å². The zero-order valence-electron chi connectivity index (χ0n) is 16.5. The molecule has 0 bridgehead atoms. The third-order valence-electron chi connectivity index (χ3n) is 5.23. The van der Waals surface area contributed by atoms with Gasteiger partial charge in [0, 0.05) is 32.1 Å². The second-order valence-corrected chi connectivity index (χ2v) is 7.45. The zero-order valence-corrected chi connectivity index (χ0v) is 16.5. The minimum Gasteiger partial charge on any atom is -0.472 e. The van der Waals surface area contributed by atoms with Gasteiger partial charge in [-0.25, -0.2) is 0 Å². The molecule has 6 nitrogen and oxygen atoms in total. The average Bonchev–Trinajstić information content (AvgIpc) is 3.26. The third kappa shape index (κ3) is 5.70. The lowest BCUT2D eigenvalue weighted by molar-refractivity contribution is -0.126. The lowest BCUT2D eigenvalue weighted by atomic mass is 9.95. The zero-order chi connectivity index (χ0) is 19.8. The molecule has 0 aliphatic carbocycles. The lowest BCUT2D eigenvalue weighted by Gasteiger charge is -2.31. The van der Waals surface area contributed by atoms with Gasteiger partial charge in [-0.05, 0) is 44.5 Å². The minimum absolute atomic E-state index is 0.00421. The van der Waals surface area contributed by atoms with Crippen molar-refractivity contribution in [3.8, 4) is 0 Å². The SMILES string of the molecule is CN(CCCNC(=O)C1CCN(C(=O)c2ccoc2)CC1)Cc1ccccc1. The van der Waals surface area contributed by atoms with Gasteiger partial charge in [0.25, 0.3) is 5.91 Å². The maximum absolute atomic E-state index is 12.4.